The van der Waals surface area contributed by atoms with Gasteiger partial charge in [-0.05, 0) is 58.4 Å². The summed E-state index contributed by atoms with van der Waals surface area (Å²) in [5, 5.41) is 5.83. The van der Waals surface area contributed by atoms with Crippen LogP contribution >= 0.6 is 27.5 Å². The molecule has 0 aliphatic carbocycles. The second-order valence-corrected chi connectivity index (χ2v) is 5.50. The molecule has 2 amide bonds. The van der Waals surface area contributed by atoms with Crippen LogP contribution < -0.4 is 10.6 Å². The highest BCUT2D eigenvalue weighted by Crippen LogP contribution is 2.23. The first-order valence-electron chi connectivity index (χ1n) is 6.10. The summed E-state index contributed by atoms with van der Waals surface area (Å²) in [7, 11) is 1.57. The lowest BCUT2D eigenvalue weighted by Gasteiger charge is -2.07. The quantitative estimate of drug-likeness (QED) is 0.869. The molecule has 0 atom stereocenters. The molecule has 0 heterocycles. The van der Waals surface area contributed by atoms with Gasteiger partial charge in [0.2, 0.25) is 0 Å². The van der Waals surface area contributed by atoms with Crippen LogP contribution in [0.4, 0.5) is 5.69 Å². The molecule has 0 aromatic heterocycles. The number of hydrogen-bond donors (Lipinski definition) is 2. The maximum Gasteiger partial charge on any atom is 0.255 e. The number of nitrogens with one attached hydrogen (secondary N) is 2. The molecule has 21 heavy (non-hydrogen) atoms. The van der Waals surface area contributed by atoms with Crippen molar-refractivity contribution in [3.63, 3.8) is 0 Å². The molecule has 6 heteroatoms. The Morgan fingerprint density at radius 2 is 1.62 bits per heavy atom. The molecule has 0 saturated heterocycles. The molecule has 2 rings (SSSR count). The molecular weight excluding hydrogens is 356 g/mol. The molecule has 2 aromatic carbocycles. The van der Waals surface area contributed by atoms with Crippen LogP contribution in [0, 0.1) is 0 Å². The van der Waals surface area contributed by atoms with Crippen molar-refractivity contribution >= 4 is 45.0 Å². The lowest BCUT2D eigenvalue weighted by molar-refractivity contribution is 0.0962. The molecule has 2 aromatic rings. The van der Waals surface area contributed by atoms with Crippen LogP contribution in [-0.4, -0.2) is 18.9 Å². The van der Waals surface area contributed by atoms with E-state index in [2.05, 4.69) is 26.6 Å². The van der Waals surface area contributed by atoms with E-state index in [1.807, 2.05) is 0 Å². The highest BCUT2D eigenvalue weighted by molar-refractivity contribution is 9.10. The SMILES string of the molecule is CNC(=O)c1ccc(NC(=O)c2ccc(Cl)c(Br)c2)cc1. The monoisotopic (exact) mass is 366 g/mol. The summed E-state index contributed by atoms with van der Waals surface area (Å²) >= 11 is 9.17. The number of benzene rings is 2. The molecule has 0 radical (unpaired) electrons. The summed E-state index contributed by atoms with van der Waals surface area (Å²) in [6.45, 7) is 0. The van der Waals surface area contributed by atoms with Crippen LogP contribution in [0.25, 0.3) is 0 Å². The van der Waals surface area contributed by atoms with Crippen molar-refractivity contribution in [1.29, 1.82) is 0 Å². The lowest BCUT2D eigenvalue weighted by Crippen LogP contribution is -2.17. The fraction of sp³-hybridized carbons (Fsp3) is 0.0667. The van der Waals surface area contributed by atoms with Crippen molar-refractivity contribution in [3.8, 4) is 0 Å². The predicted octanol–water partition coefficient (Wildman–Crippen LogP) is 3.71. The first kappa shape index (κ1) is 15.5. The zero-order chi connectivity index (χ0) is 15.4. The van der Waals surface area contributed by atoms with E-state index in [0.717, 1.165) is 0 Å². The largest absolute Gasteiger partial charge is 0.355 e. The van der Waals surface area contributed by atoms with Gasteiger partial charge < -0.3 is 10.6 Å². The molecule has 0 spiro atoms. The third-order valence-corrected chi connectivity index (χ3v) is 4.03. The number of amides is 2. The summed E-state index contributed by atoms with van der Waals surface area (Å²) in [6, 6.07) is 11.6. The molecule has 0 fully saturated rings. The Kier molecular flexibility index (Phi) is 4.98. The molecule has 0 aliphatic rings. The molecule has 0 saturated carbocycles. The topological polar surface area (TPSA) is 58.2 Å². The normalized spacial score (nSPS) is 10.0. The minimum absolute atomic E-state index is 0.172. The van der Waals surface area contributed by atoms with Gasteiger partial charge in [0.25, 0.3) is 11.8 Å². The van der Waals surface area contributed by atoms with Gasteiger partial charge in [0.1, 0.15) is 0 Å². The first-order chi connectivity index (χ1) is 10.0. The number of rotatable bonds is 3. The number of hydrogen-bond acceptors (Lipinski definition) is 2. The van der Waals surface area contributed by atoms with Gasteiger partial charge in [0.15, 0.2) is 0 Å². The van der Waals surface area contributed by atoms with Crippen LogP contribution in [-0.2, 0) is 0 Å². The van der Waals surface area contributed by atoms with Gasteiger partial charge in [-0.1, -0.05) is 11.6 Å². The van der Waals surface area contributed by atoms with Gasteiger partial charge in [-0.3, -0.25) is 9.59 Å². The maximum atomic E-state index is 12.1. The molecular formula is C15H12BrClN2O2. The zero-order valence-electron chi connectivity index (χ0n) is 11.1. The Hall–Kier alpha value is -1.85. The molecule has 4 nitrogen and oxygen atoms in total. The molecule has 108 valence electrons. The van der Waals surface area contributed by atoms with Crippen molar-refractivity contribution in [3.05, 3.63) is 63.1 Å². The second-order valence-electron chi connectivity index (χ2n) is 4.24. The van der Waals surface area contributed by atoms with Gasteiger partial charge >= 0.3 is 0 Å². The number of carbonyl (C=O) groups is 2. The minimum atomic E-state index is -0.250. The van der Waals surface area contributed by atoms with E-state index in [0.29, 0.717) is 26.3 Å². The van der Waals surface area contributed by atoms with Gasteiger partial charge in [-0.2, -0.15) is 0 Å². The van der Waals surface area contributed by atoms with Crippen LogP contribution in [0.5, 0.6) is 0 Å². The van der Waals surface area contributed by atoms with Crippen LogP contribution in [0.2, 0.25) is 5.02 Å². The van der Waals surface area contributed by atoms with E-state index in [1.165, 1.54) is 0 Å². The molecule has 0 unspecified atom stereocenters. The van der Waals surface area contributed by atoms with Gasteiger partial charge in [-0.25, -0.2) is 0 Å². The van der Waals surface area contributed by atoms with E-state index in [9.17, 15) is 9.59 Å². The van der Waals surface area contributed by atoms with Crippen LogP contribution in [0.15, 0.2) is 46.9 Å². The number of carbonyl (C=O) groups excluding carboxylic acids is 2. The fourth-order valence-corrected chi connectivity index (χ4v) is 2.19. The predicted molar refractivity (Wildman–Crippen MR) is 86.9 cm³/mol. The lowest BCUT2D eigenvalue weighted by atomic mass is 10.1. The van der Waals surface area contributed by atoms with E-state index < -0.39 is 0 Å². The molecule has 0 aliphatic heterocycles. The van der Waals surface area contributed by atoms with Crippen molar-refractivity contribution in [1.82, 2.24) is 5.32 Å². The smallest absolute Gasteiger partial charge is 0.255 e. The standard InChI is InChI=1S/C15H12BrClN2O2/c1-18-14(20)9-2-5-11(6-3-9)19-15(21)10-4-7-13(17)12(16)8-10/h2-8H,1H3,(H,18,20)(H,19,21). The van der Waals surface area contributed by atoms with Crippen LogP contribution in [0.3, 0.4) is 0 Å². The number of halogens is 2. The van der Waals surface area contributed by atoms with E-state index in [-0.39, 0.29) is 11.8 Å². The van der Waals surface area contributed by atoms with Crippen molar-refractivity contribution in [2.24, 2.45) is 0 Å². The zero-order valence-corrected chi connectivity index (χ0v) is 13.5. The Morgan fingerprint density at radius 3 is 2.19 bits per heavy atom. The summed E-state index contributed by atoms with van der Waals surface area (Å²) in [5.41, 5.74) is 1.63. The maximum absolute atomic E-state index is 12.1. The Balaban J connectivity index is 2.12. The summed E-state index contributed by atoms with van der Waals surface area (Å²) in [6.07, 6.45) is 0. The van der Waals surface area contributed by atoms with E-state index in [4.69, 9.17) is 11.6 Å². The Morgan fingerprint density at radius 1 is 1.00 bits per heavy atom. The highest BCUT2D eigenvalue weighted by Gasteiger charge is 2.09. The summed E-state index contributed by atoms with van der Waals surface area (Å²) < 4.78 is 0.659. The van der Waals surface area contributed by atoms with Crippen molar-refractivity contribution in [2.75, 3.05) is 12.4 Å². The molecule has 2 N–H and O–H groups in total. The molecule has 0 bridgehead atoms. The summed E-state index contributed by atoms with van der Waals surface area (Å²) in [5.74, 6) is -0.422. The van der Waals surface area contributed by atoms with Crippen molar-refractivity contribution in [2.45, 2.75) is 0 Å². The first-order valence-corrected chi connectivity index (χ1v) is 7.27. The minimum Gasteiger partial charge on any atom is -0.355 e. The van der Waals surface area contributed by atoms with Crippen LogP contribution in [0.1, 0.15) is 20.7 Å². The average Bonchev–Trinajstić information content (AvgIpc) is 2.50. The third kappa shape index (κ3) is 3.83. The average molecular weight is 368 g/mol. The highest BCUT2D eigenvalue weighted by atomic mass is 79.9. The Labute approximate surface area is 135 Å². The second kappa shape index (κ2) is 6.74. The third-order valence-electron chi connectivity index (χ3n) is 2.81. The summed E-state index contributed by atoms with van der Waals surface area (Å²) in [4.78, 5) is 23.5. The van der Waals surface area contributed by atoms with E-state index >= 15 is 0 Å². The van der Waals surface area contributed by atoms with Gasteiger partial charge in [0, 0.05) is 28.3 Å². The van der Waals surface area contributed by atoms with Gasteiger partial charge in [-0.15, -0.1) is 0 Å². The van der Waals surface area contributed by atoms with E-state index in [1.54, 1.807) is 49.5 Å². The van der Waals surface area contributed by atoms with Crippen molar-refractivity contribution < 1.29 is 9.59 Å². The Bertz CT molecular complexity index is 687. The van der Waals surface area contributed by atoms with Gasteiger partial charge in [0.05, 0.1) is 5.02 Å². The fourth-order valence-electron chi connectivity index (χ4n) is 1.69. The number of anilines is 1.